The zero-order valence-electron chi connectivity index (χ0n) is 11.7. The number of hydrogen-bond acceptors (Lipinski definition) is 5. The van der Waals surface area contributed by atoms with E-state index in [1.54, 1.807) is 0 Å². The quantitative estimate of drug-likeness (QED) is 0.928. The van der Waals surface area contributed by atoms with Crippen LogP contribution in [0.2, 0.25) is 0 Å². The van der Waals surface area contributed by atoms with Crippen molar-refractivity contribution in [1.82, 2.24) is 15.5 Å². The summed E-state index contributed by atoms with van der Waals surface area (Å²) >= 11 is 1.47. The van der Waals surface area contributed by atoms with E-state index in [4.69, 9.17) is 4.74 Å². The molecule has 5 heteroatoms. The molecular weight excluding hydrogens is 258 g/mol. The summed E-state index contributed by atoms with van der Waals surface area (Å²) in [6.07, 6.45) is 0. The normalized spacial score (nSPS) is 11.6. The summed E-state index contributed by atoms with van der Waals surface area (Å²) in [7, 11) is 0. The van der Waals surface area contributed by atoms with Crippen molar-refractivity contribution in [3.05, 3.63) is 34.8 Å². The van der Waals surface area contributed by atoms with E-state index < -0.39 is 0 Å². The Morgan fingerprint density at radius 1 is 1.26 bits per heavy atom. The van der Waals surface area contributed by atoms with Gasteiger partial charge in [0.25, 0.3) is 5.19 Å². The highest BCUT2D eigenvalue weighted by Gasteiger charge is 2.11. The van der Waals surface area contributed by atoms with Gasteiger partial charge in [-0.2, -0.15) is 0 Å². The second kappa shape index (κ2) is 5.67. The molecule has 0 unspecified atom stereocenters. The number of rotatable bonds is 4. The predicted octanol–water partition coefficient (Wildman–Crippen LogP) is 3.53. The molecule has 1 aromatic carbocycles. The van der Waals surface area contributed by atoms with Crippen LogP contribution in [0.3, 0.4) is 0 Å². The van der Waals surface area contributed by atoms with Gasteiger partial charge in [0.15, 0.2) is 0 Å². The lowest BCUT2D eigenvalue weighted by Gasteiger charge is -2.19. The van der Waals surface area contributed by atoms with Crippen molar-refractivity contribution in [2.24, 2.45) is 0 Å². The third-order valence-electron chi connectivity index (χ3n) is 2.41. The molecule has 0 saturated heterocycles. The first-order valence-electron chi connectivity index (χ1n) is 6.24. The van der Waals surface area contributed by atoms with Crippen molar-refractivity contribution in [2.75, 3.05) is 0 Å². The van der Waals surface area contributed by atoms with E-state index in [1.807, 2.05) is 31.2 Å². The molecule has 0 atom stereocenters. The second-order valence-electron chi connectivity index (χ2n) is 5.48. The number of aryl methyl sites for hydroxylation is 1. The van der Waals surface area contributed by atoms with E-state index in [1.165, 1.54) is 11.3 Å². The summed E-state index contributed by atoms with van der Waals surface area (Å²) in [6.45, 7) is 9.11. The highest BCUT2D eigenvalue weighted by atomic mass is 32.1. The molecule has 0 saturated carbocycles. The Hall–Kier alpha value is -1.46. The van der Waals surface area contributed by atoms with Gasteiger partial charge in [0.2, 0.25) is 0 Å². The third kappa shape index (κ3) is 4.61. The van der Waals surface area contributed by atoms with Gasteiger partial charge in [0.05, 0.1) is 6.54 Å². The van der Waals surface area contributed by atoms with E-state index in [9.17, 15) is 0 Å². The molecule has 1 N–H and O–H groups in total. The minimum atomic E-state index is 0.0727. The van der Waals surface area contributed by atoms with Gasteiger partial charge in [0, 0.05) is 5.54 Å². The number of nitrogens with zero attached hydrogens (tertiary/aromatic N) is 2. The van der Waals surface area contributed by atoms with Gasteiger partial charge in [-0.15, -0.1) is 5.10 Å². The summed E-state index contributed by atoms with van der Waals surface area (Å²) in [5.74, 6) is 0.798. The molecule has 102 valence electrons. The molecular formula is C14H19N3OS. The van der Waals surface area contributed by atoms with Crippen LogP contribution in [0.15, 0.2) is 24.3 Å². The SMILES string of the molecule is Cc1cccc(Oc2nnc(CNC(C)(C)C)s2)c1. The number of benzene rings is 1. The molecule has 0 radical (unpaired) electrons. The Bertz CT molecular complexity index is 546. The molecule has 1 aromatic heterocycles. The lowest BCUT2D eigenvalue weighted by molar-refractivity contribution is 0.423. The summed E-state index contributed by atoms with van der Waals surface area (Å²) in [6, 6.07) is 7.90. The third-order valence-corrected chi connectivity index (χ3v) is 3.21. The maximum absolute atomic E-state index is 5.69. The van der Waals surface area contributed by atoms with Gasteiger partial charge < -0.3 is 10.1 Å². The van der Waals surface area contributed by atoms with E-state index in [0.29, 0.717) is 11.7 Å². The largest absolute Gasteiger partial charge is 0.430 e. The molecule has 0 aliphatic heterocycles. The Balaban J connectivity index is 1.97. The fourth-order valence-electron chi connectivity index (χ4n) is 1.47. The average Bonchev–Trinajstić information content (AvgIpc) is 2.73. The van der Waals surface area contributed by atoms with Crippen LogP contribution in [-0.4, -0.2) is 15.7 Å². The second-order valence-corrected chi connectivity index (χ2v) is 6.51. The minimum Gasteiger partial charge on any atom is -0.430 e. The van der Waals surface area contributed by atoms with Gasteiger partial charge in [-0.1, -0.05) is 28.6 Å². The molecule has 4 nitrogen and oxygen atoms in total. The molecule has 0 spiro atoms. The molecule has 0 amide bonds. The molecule has 0 aliphatic rings. The fourth-order valence-corrected chi connectivity index (χ4v) is 2.12. The van der Waals surface area contributed by atoms with Crippen LogP contribution < -0.4 is 10.1 Å². The Morgan fingerprint density at radius 2 is 2.05 bits per heavy atom. The zero-order valence-corrected chi connectivity index (χ0v) is 12.5. The molecule has 1 heterocycles. The predicted molar refractivity (Wildman–Crippen MR) is 77.8 cm³/mol. The number of nitrogens with one attached hydrogen (secondary N) is 1. The first-order chi connectivity index (χ1) is 8.92. The van der Waals surface area contributed by atoms with Crippen molar-refractivity contribution >= 4 is 11.3 Å². The van der Waals surface area contributed by atoms with Crippen LogP contribution in [0.5, 0.6) is 10.9 Å². The molecule has 2 aromatic rings. The number of hydrogen-bond donors (Lipinski definition) is 1. The van der Waals surface area contributed by atoms with Gasteiger partial charge >= 0.3 is 0 Å². The van der Waals surface area contributed by atoms with Gasteiger partial charge in [0.1, 0.15) is 10.8 Å². The molecule has 19 heavy (non-hydrogen) atoms. The lowest BCUT2D eigenvalue weighted by atomic mass is 10.1. The van der Waals surface area contributed by atoms with E-state index >= 15 is 0 Å². The van der Waals surface area contributed by atoms with Gasteiger partial charge in [-0.25, -0.2) is 0 Å². The van der Waals surface area contributed by atoms with E-state index in [2.05, 4.69) is 36.3 Å². The monoisotopic (exact) mass is 277 g/mol. The Labute approximate surface area is 117 Å². The van der Waals surface area contributed by atoms with Crippen LogP contribution in [0.1, 0.15) is 31.3 Å². The van der Waals surface area contributed by atoms with Crippen molar-refractivity contribution in [2.45, 2.75) is 39.8 Å². The fraction of sp³-hybridized carbons (Fsp3) is 0.429. The van der Waals surface area contributed by atoms with Crippen LogP contribution in [-0.2, 0) is 6.54 Å². The maximum atomic E-state index is 5.69. The van der Waals surface area contributed by atoms with Crippen LogP contribution >= 0.6 is 11.3 Å². The van der Waals surface area contributed by atoms with Crippen molar-refractivity contribution in [1.29, 1.82) is 0 Å². The standard InChI is InChI=1S/C14H19N3OS/c1-10-6-5-7-11(8-10)18-13-17-16-12(19-13)9-15-14(2,3)4/h5-8,15H,9H2,1-4H3. The van der Waals surface area contributed by atoms with Gasteiger partial charge in [-0.05, 0) is 45.4 Å². The molecule has 0 aliphatic carbocycles. The van der Waals surface area contributed by atoms with Crippen LogP contribution in [0.4, 0.5) is 0 Å². The molecule has 0 bridgehead atoms. The zero-order chi connectivity index (χ0) is 13.9. The number of aromatic nitrogens is 2. The topological polar surface area (TPSA) is 47.0 Å². The average molecular weight is 277 g/mol. The van der Waals surface area contributed by atoms with E-state index in [-0.39, 0.29) is 5.54 Å². The first kappa shape index (κ1) is 14.0. The summed E-state index contributed by atoms with van der Waals surface area (Å²) in [5.41, 5.74) is 1.24. The van der Waals surface area contributed by atoms with Crippen LogP contribution in [0.25, 0.3) is 0 Å². The van der Waals surface area contributed by atoms with E-state index in [0.717, 1.165) is 16.3 Å². The first-order valence-corrected chi connectivity index (χ1v) is 7.06. The summed E-state index contributed by atoms with van der Waals surface area (Å²) in [4.78, 5) is 0. The lowest BCUT2D eigenvalue weighted by Crippen LogP contribution is -2.35. The number of ether oxygens (including phenoxy) is 1. The summed E-state index contributed by atoms with van der Waals surface area (Å²) in [5, 5.41) is 13.1. The van der Waals surface area contributed by atoms with Crippen molar-refractivity contribution < 1.29 is 4.74 Å². The smallest absolute Gasteiger partial charge is 0.299 e. The highest BCUT2D eigenvalue weighted by molar-refractivity contribution is 7.13. The van der Waals surface area contributed by atoms with Crippen molar-refractivity contribution in [3.8, 4) is 10.9 Å². The summed E-state index contributed by atoms with van der Waals surface area (Å²) < 4.78 is 5.69. The minimum absolute atomic E-state index is 0.0727. The highest BCUT2D eigenvalue weighted by Crippen LogP contribution is 2.25. The Kier molecular flexibility index (Phi) is 4.17. The molecule has 0 fully saturated rings. The molecule has 2 rings (SSSR count). The Morgan fingerprint density at radius 3 is 2.74 bits per heavy atom. The van der Waals surface area contributed by atoms with Gasteiger partial charge in [-0.3, -0.25) is 0 Å². The maximum Gasteiger partial charge on any atom is 0.299 e. The van der Waals surface area contributed by atoms with Crippen molar-refractivity contribution in [3.63, 3.8) is 0 Å². The van der Waals surface area contributed by atoms with Crippen LogP contribution in [0, 0.1) is 6.92 Å².